The number of carbonyl (C=O) groups is 2. The number of carbonyl (C=O) groups excluding carboxylic acids is 2. The number of benzene rings is 3. The van der Waals surface area contributed by atoms with Gasteiger partial charge in [-0.05, 0) is 12.1 Å². The Morgan fingerprint density at radius 2 is 0.875 bits per heavy atom. The molecule has 24 heavy (non-hydrogen) atoms. The Morgan fingerprint density at radius 1 is 0.542 bits per heavy atom. The SMILES string of the molecule is Nc1ccc(N)c(C(=O)c2ccccc2)c1C(=O)c1ccccc1. The molecular weight excluding hydrogens is 300 g/mol. The highest BCUT2D eigenvalue weighted by atomic mass is 16.1. The van der Waals surface area contributed by atoms with Crippen LogP contribution >= 0.6 is 0 Å². The van der Waals surface area contributed by atoms with Crippen molar-refractivity contribution in [1.82, 2.24) is 0 Å². The average molecular weight is 316 g/mol. The highest BCUT2D eigenvalue weighted by molar-refractivity contribution is 6.23. The monoisotopic (exact) mass is 316 g/mol. The summed E-state index contributed by atoms with van der Waals surface area (Å²) in [6.07, 6.45) is 0. The van der Waals surface area contributed by atoms with E-state index in [0.29, 0.717) is 11.1 Å². The van der Waals surface area contributed by atoms with Gasteiger partial charge in [-0.15, -0.1) is 0 Å². The summed E-state index contributed by atoms with van der Waals surface area (Å²) >= 11 is 0. The van der Waals surface area contributed by atoms with Crippen LogP contribution < -0.4 is 11.5 Å². The van der Waals surface area contributed by atoms with Crippen molar-refractivity contribution in [2.24, 2.45) is 0 Å². The molecule has 3 rings (SSSR count). The molecule has 0 unspecified atom stereocenters. The van der Waals surface area contributed by atoms with Crippen molar-refractivity contribution in [3.8, 4) is 0 Å². The second-order valence-electron chi connectivity index (χ2n) is 5.38. The van der Waals surface area contributed by atoms with Crippen LogP contribution in [-0.2, 0) is 0 Å². The Morgan fingerprint density at radius 3 is 1.21 bits per heavy atom. The minimum absolute atomic E-state index is 0.148. The molecule has 4 N–H and O–H groups in total. The zero-order valence-corrected chi connectivity index (χ0v) is 12.9. The van der Waals surface area contributed by atoms with E-state index in [1.165, 1.54) is 0 Å². The molecule has 0 fully saturated rings. The summed E-state index contributed by atoms with van der Waals surface area (Å²) in [6, 6.07) is 20.5. The highest BCUT2D eigenvalue weighted by Gasteiger charge is 2.24. The lowest BCUT2D eigenvalue weighted by Crippen LogP contribution is -2.16. The fraction of sp³-hybridized carbons (Fsp3) is 0. The molecule has 0 aromatic heterocycles. The van der Waals surface area contributed by atoms with Crippen LogP contribution in [0.3, 0.4) is 0 Å². The molecule has 4 heteroatoms. The first-order valence-corrected chi connectivity index (χ1v) is 7.47. The summed E-state index contributed by atoms with van der Waals surface area (Å²) in [5, 5.41) is 0. The minimum Gasteiger partial charge on any atom is -0.398 e. The van der Waals surface area contributed by atoms with E-state index >= 15 is 0 Å². The molecule has 0 aliphatic rings. The molecule has 0 atom stereocenters. The zero-order valence-electron chi connectivity index (χ0n) is 12.9. The first-order chi connectivity index (χ1) is 11.6. The van der Waals surface area contributed by atoms with E-state index in [4.69, 9.17) is 11.5 Å². The van der Waals surface area contributed by atoms with E-state index < -0.39 is 0 Å². The maximum atomic E-state index is 12.9. The van der Waals surface area contributed by atoms with Crippen molar-refractivity contribution < 1.29 is 9.59 Å². The molecule has 3 aromatic carbocycles. The molecule has 3 aromatic rings. The number of ketones is 2. The summed E-state index contributed by atoms with van der Waals surface area (Å²) in [5.74, 6) is -0.639. The topological polar surface area (TPSA) is 86.2 Å². The third-order valence-corrected chi connectivity index (χ3v) is 3.80. The van der Waals surface area contributed by atoms with Crippen LogP contribution in [0.1, 0.15) is 31.8 Å². The van der Waals surface area contributed by atoms with Gasteiger partial charge >= 0.3 is 0 Å². The van der Waals surface area contributed by atoms with Crippen LogP contribution in [0, 0.1) is 0 Å². The van der Waals surface area contributed by atoms with Crippen molar-refractivity contribution >= 4 is 22.9 Å². The predicted molar refractivity (Wildman–Crippen MR) is 95.0 cm³/mol. The van der Waals surface area contributed by atoms with Crippen molar-refractivity contribution in [3.63, 3.8) is 0 Å². The van der Waals surface area contributed by atoms with E-state index in [0.717, 1.165) is 0 Å². The van der Waals surface area contributed by atoms with E-state index in [2.05, 4.69) is 0 Å². The molecule has 0 aliphatic carbocycles. The zero-order chi connectivity index (χ0) is 17.1. The molecule has 0 spiro atoms. The van der Waals surface area contributed by atoms with Gasteiger partial charge in [0.15, 0.2) is 11.6 Å². The molecular formula is C20H16N2O2. The van der Waals surface area contributed by atoms with Crippen molar-refractivity contribution in [2.45, 2.75) is 0 Å². The molecule has 0 heterocycles. The number of rotatable bonds is 4. The fourth-order valence-corrected chi connectivity index (χ4v) is 2.59. The quantitative estimate of drug-likeness (QED) is 0.571. The third-order valence-electron chi connectivity index (χ3n) is 3.80. The molecule has 0 amide bonds. The second-order valence-corrected chi connectivity index (χ2v) is 5.38. The van der Waals surface area contributed by atoms with Crippen molar-refractivity contribution in [2.75, 3.05) is 11.5 Å². The van der Waals surface area contributed by atoms with Gasteiger partial charge in [-0.2, -0.15) is 0 Å². The summed E-state index contributed by atoms with van der Waals surface area (Å²) in [7, 11) is 0. The second kappa shape index (κ2) is 6.38. The maximum absolute atomic E-state index is 12.9. The summed E-state index contributed by atoms with van der Waals surface area (Å²) in [5.41, 5.74) is 13.7. The first-order valence-electron chi connectivity index (χ1n) is 7.47. The largest absolute Gasteiger partial charge is 0.398 e. The van der Waals surface area contributed by atoms with Crippen LogP contribution in [0.5, 0.6) is 0 Å². The van der Waals surface area contributed by atoms with Gasteiger partial charge in [-0.1, -0.05) is 60.7 Å². The fourth-order valence-electron chi connectivity index (χ4n) is 2.59. The van der Waals surface area contributed by atoms with Gasteiger partial charge in [0.2, 0.25) is 0 Å². The number of anilines is 2. The lowest BCUT2D eigenvalue weighted by Gasteiger charge is -2.13. The van der Waals surface area contributed by atoms with Gasteiger partial charge in [0.1, 0.15) is 0 Å². The highest BCUT2D eigenvalue weighted by Crippen LogP contribution is 2.28. The van der Waals surface area contributed by atoms with Crippen LogP contribution in [0.25, 0.3) is 0 Å². The standard InChI is InChI=1S/C20H16N2O2/c21-15-11-12-16(22)18(20(24)14-9-5-2-6-10-14)17(15)19(23)13-7-3-1-4-8-13/h1-12H,21-22H2. The van der Waals surface area contributed by atoms with E-state index in [9.17, 15) is 9.59 Å². The molecule has 0 radical (unpaired) electrons. The molecule has 4 nitrogen and oxygen atoms in total. The van der Waals surface area contributed by atoms with E-state index in [1.54, 1.807) is 60.7 Å². The minimum atomic E-state index is -0.320. The van der Waals surface area contributed by atoms with Gasteiger partial charge in [0.25, 0.3) is 0 Å². The molecule has 0 saturated carbocycles. The summed E-state index contributed by atoms with van der Waals surface area (Å²) in [6.45, 7) is 0. The third kappa shape index (κ3) is 2.77. The van der Waals surface area contributed by atoms with Crippen molar-refractivity contribution in [1.29, 1.82) is 0 Å². The Hall–Kier alpha value is -3.40. The Balaban J connectivity index is 2.19. The maximum Gasteiger partial charge on any atom is 0.195 e. The number of hydrogen-bond donors (Lipinski definition) is 2. The van der Waals surface area contributed by atoms with E-state index in [1.807, 2.05) is 12.1 Å². The van der Waals surface area contributed by atoms with Gasteiger partial charge < -0.3 is 11.5 Å². The van der Waals surface area contributed by atoms with Crippen LogP contribution in [0.2, 0.25) is 0 Å². The Labute approximate surface area is 139 Å². The average Bonchev–Trinajstić information content (AvgIpc) is 2.63. The summed E-state index contributed by atoms with van der Waals surface area (Å²) in [4.78, 5) is 25.8. The van der Waals surface area contributed by atoms with Gasteiger partial charge in [-0.25, -0.2) is 0 Å². The normalized spacial score (nSPS) is 10.3. The van der Waals surface area contributed by atoms with Crippen LogP contribution in [0.15, 0.2) is 72.8 Å². The van der Waals surface area contributed by atoms with Gasteiger partial charge in [0, 0.05) is 22.5 Å². The van der Waals surface area contributed by atoms with Gasteiger partial charge in [0.05, 0.1) is 11.1 Å². The molecule has 118 valence electrons. The van der Waals surface area contributed by atoms with Crippen LogP contribution in [0.4, 0.5) is 11.4 Å². The van der Waals surface area contributed by atoms with E-state index in [-0.39, 0.29) is 34.1 Å². The molecule has 0 bridgehead atoms. The van der Waals surface area contributed by atoms with Crippen molar-refractivity contribution in [3.05, 3.63) is 95.1 Å². The molecule has 0 saturated heterocycles. The number of nitrogens with two attached hydrogens (primary N) is 2. The lowest BCUT2D eigenvalue weighted by atomic mass is 9.91. The van der Waals surface area contributed by atoms with Gasteiger partial charge in [-0.3, -0.25) is 9.59 Å². The Kier molecular flexibility index (Phi) is 4.12. The first kappa shape index (κ1) is 15.5. The van der Waals surface area contributed by atoms with Crippen LogP contribution in [-0.4, -0.2) is 11.6 Å². The number of nitrogen functional groups attached to an aromatic ring is 2. The number of hydrogen-bond acceptors (Lipinski definition) is 4. The Bertz CT molecular complexity index is 827. The summed E-state index contributed by atoms with van der Waals surface area (Å²) < 4.78 is 0. The smallest absolute Gasteiger partial charge is 0.195 e. The molecule has 0 aliphatic heterocycles. The lowest BCUT2D eigenvalue weighted by molar-refractivity contribution is 0.100. The predicted octanol–water partition coefficient (Wildman–Crippen LogP) is 3.31.